The minimum atomic E-state index is -0.790. The number of carbonyl (C=O) groups excluding carboxylic acids is 3. The van der Waals surface area contributed by atoms with Gasteiger partial charge in [-0.15, -0.1) is 0 Å². The molecule has 7 atom stereocenters. The molecule has 1 amide bonds. The summed E-state index contributed by atoms with van der Waals surface area (Å²) < 4.78 is 5.36. The van der Waals surface area contributed by atoms with E-state index < -0.39 is 12.0 Å². The van der Waals surface area contributed by atoms with Gasteiger partial charge in [-0.2, -0.15) is 11.8 Å². The summed E-state index contributed by atoms with van der Waals surface area (Å²) in [5.74, 6) is -0.0554. The van der Waals surface area contributed by atoms with Crippen LogP contribution in [0.2, 0.25) is 0 Å². The molecule has 0 aromatic rings. The number of ether oxygens (including phenoxy) is 1. The van der Waals surface area contributed by atoms with Gasteiger partial charge in [-0.25, -0.2) is 4.79 Å². The molecule has 2 N–H and O–H groups in total. The van der Waals surface area contributed by atoms with E-state index in [9.17, 15) is 19.5 Å². The van der Waals surface area contributed by atoms with Crippen LogP contribution in [0, 0.1) is 29.6 Å². The molecule has 0 bridgehead atoms. The highest BCUT2D eigenvalue weighted by atomic mass is 32.2. The van der Waals surface area contributed by atoms with E-state index >= 15 is 0 Å². The molecule has 0 aliphatic carbocycles. The Morgan fingerprint density at radius 1 is 1.10 bits per heavy atom. The predicted octanol–water partition coefficient (Wildman–Crippen LogP) is 6.79. The van der Waals surface area contributed by atoms with Gasteiger partial charge < -0.3 is 15.2 Å². The van der Waals surface area contributed by atoms with Gasteiger partial charge in [0.1, 0.15) is 11.9 Å². The lowest BCUT2D eigenvalue weighted by Gasteiger charge is -2.25. The molecule has 1 rings (SSSR count). The summed E-state index contributed by atoms with van der Waals surface area (Å²) in [6, 6.07) is 0. The molecule has 0 spiro atoms. The van der Waals surface area contributed by atoms with Crippen molar-refractivity contribution in [3.63, 3.8) is 0 Å². The van der Waals surface area contributed by atoms with Crippen LogP contribution in [-0.4, -0.2) is 53.5 Å². The van der Waals surface area contributed by atoms with Crippen molar-refractivity contribution in [3.8, 4) is 0 Å². The number of Topliss-reactive ketones (excluding diaryl/α,β-unsaturated/α-hetero) is 1. The van der Waals surface area contributed by atoms with E-state index in [0.717, 1.165) is 28.9 Å². The Bertz CT molecular complexity index is 1080. The molecule has 0 aromatic carbocycles. The lowest BCUT2D eigenvalue weighted by Crippen LogP contribution is -2.34. The summed E-state index contributed by atoms with van der Waals surface area (Å²) >= 11 is 1.68. The molecule has 0 aromatic heterocycles. The number of hydrogen-bond donors (Lipinski definition) is 2. The smallest absolute Gasteiger partial charge is 0.331 e. The zero-order valence-electron chi connectivity index (χ0n) is 27.1. The monoisotopic (exact) mass is 599 g/mol. The third kappa shape index (κ3) is 14.5. The van der Waals surface area contributed by atoms with Gasteiger partial charge >= 0.3 is 5.97 Å². The molecule has 1 aliphatic heterocycles. The van der Waals surface area contributed by atoms with Crippen LogP contribution >= 0.6 is 11.8 Å². The first-order valence-electron chi connectivity index (χ1n) is 15.0. The molecule has 0 saturated carbocycles. The van der Waals surface area contributed by atoms with Gasteiger partial charge in [0.15, 0.2) is 0 Å². The summed E-state index contributed by atoms with van der Waals surface area (Å²) in [7, 11) is 0. The summed E-state index contributed by atoms with van der Waals surface area (Å²) in [6.45, 7) is 16.3. The minimum Gasteiger partial charge on any atom is -0.454 e. The highest BCUT2D eigenvalue weighted by Crippen LogP contribution is 2.24. The molecular formula is C35H53NO5S. The van der Waals surface area contributed by atoms with Crippen LogP contribution in [0.1, 0.15) is 68.2 Å². The fourth-order valence-electron chi connectivity index (χ4n) is 4.97. The second-order valence-electron chi connectivity index (χ2n) is 11.8. The molecule has 3 unspecified atom stereocenters. The number of nitrogens with one attached hydrogen (secondary N) is 1. The van der Waals surface area contributed by atoms with Crippen molar-refractivity contribution in [2.75, 3.05) is 18.6 Å². The van der Waals surface area contributed by atoms with Gasteiger partial charge in [-0.05, 0) is 57.8 Å². The van der Waals surface area contributed by atoms with Crippen LogP contribution < -0.4 is 5.32 Å². The molecule has 0 radical (unpaired) electrons. The molecule has 0 saturated heterocycles. The standard InChI is InChI=1S/C35H53NO5S/c1-23(19-25(3)13-15-31-27(5)14-16-33(38)41-31)11-10-12-24(2)20-28(6)34(39)30(8)35(40)29(7)21-26(4)22-32(37)36-17-18-42-9/h10,12-16,19-20,22-23,27-31,35,40H,11,17-18,21H2,1-9H3,(H,36,37)/b12-10+,15-13+,24-20+,25-19-,26-22+/t23?,27-,28+,29?,30+,31-,35?/m0/s1. The van der Waals surface area contributed by atoms with Crippen LogP contribution in [0.4, 0.5) is 0 Å². The largest absolute Gasteiger partial charge is 0.454 e. The van der Waals surface area contributed by atoms with E-state index in [4.69, 9.17) is 4.74 Å². The zero-order valence-corrected chi connectivity index (χ0v) is 27.9. The average Bonchev–Trinajstić information content (AvgIpc) is 2.92. The number of hydrogen-bond acceptors (Lipinski definition) is 6. The number of aliphatic hydroxyl groups is 1. The minimum absolute atomic E-state index is 0.00529. The van der Waals surface area contributed by atoms with Crippen molar-refractivity contribution in [1.82, 2.24) is 5.32 Å². The molecule has 1 heterocycles. The summed E-state index contributed by atoms with van der Waals surface area (Å²) in [4.78, 5) is 36.6. The van der Waals surface area contributed by atoms with E-state index in [-0.39, 0.29) is 41.5 Å². The molecular weight excluding hydrogens is 546 g/mol. The maximum atomic E-state index is 13.1. The van der Waals surface area contributed by atoms with Crippen molar-refractivity contribution < 1.29 is 24.2 Å². The van der Waals surface area contributed by atoms with Gasteiger partial charge in [-0.3, -0.25) is 9.59 Å². The third-order valence-electron chi connectivity index (χ3n) is 7.42. The predicted molar refractivity (Wildman–Crippen MR) is 176 cm³/mol. The van der Waals surface area contributed by atoms with Crippen molar-refractivity contribution >= 4 is 29.4 Å². The first kappa shape index (κ1) is 37.4. The fraction of sp³-hybridized carbons (Fsp3) is 0.571. The van der Waals surface area contributed by atoms with Crippen molar-refractivity contribution in [1.29, 1.82) is 0 Å². The first-order chi connectivity index (χ1) is 19.7. The number of allylic oxidation sites excluding steroid dienone is 8. The lowest BCUT2D eigenvalue weighted by molar-refractivity contribution is -0.143. The van der Waals surface area contributed by atoms with Crippen LogP contribution in [0.3, 0.4) is 0 Å². The zero-order chi connectivity index (χ0) is 31.8. The first-order valence-corrected chi connectivity index (χ1v) is 16.4. The Morgan fingerprint density at radius 2 is 1.76 bits per heavy atom. The Morgan fingerprint density at radius 3 is 2.43 bits per heavy atom. The van der Waals surface area contributed by atoms with E-state index in [0.29, 0.717) is 18.9 Å². The summed E-state index contributed by atoms with van der Waals surface area (Å²) in [5, 5.41) is 13.7. The second-order valence-corrected chi connectivity index (χ2v) is 12.8. The normalized spacial score (nSPS) is 22.1. The van der Waals surface area contributed by atoms with E-state index in [2.05, 4.69) is 24.4 Å². The van der Waals surface area contributed by atoms with Gasteiger partial charge in [0.2, 0.25) is 5.91 Å². The number of ketones is 1. The topological polar surface area (TPSA) is 92.7 Å². The van der Waals surface area contributed by atoms with Gasteiger partial charge in [-0.1, -0.05) is 87.8 Å². The molecule has 1 aliphatic rings. The SMILES string of the molecule is CSCCNC(=O)/C=C(\C)CC(C)C(O)[C@H](C)C(=O)[C@H](C)/C=C(C)/C=C/CC(C)/C=C(C)\C=C\[C@@H]1OC(=O)C=C[C@@H]1C. The number of thioether (sulfide) groups is 1. The van der Waals surface area contributed by atoms with Crippen LogP contribution in [0.15, 0.2) is 71.4 Å². The Hall–Kier alpha value is -2.64. The summed E-state index contributed by atoms with van der Waals surface area (Å²) in [5.41, 5.74) is 3.00. The Kier molecular flexibility index (Phi) is 17.4. The number of carbonyl (C=O) groups is 3. The molecule has 7 heteroatoms. The van der Waals surface area contributed by atoms with Crippen molar-refractivity contribution in [3.05, 3.63) is 71.4 Å². The van der Waals surface area contributed by atoms with Gasteiger partial charge in [0, 0.05) is 42.2 Å². The van der Waals surface area contributed by atoms with Crippen molar-refractivity contribution in [2.45, 2.75) is 80.4 Å². The van der Waals surface area contributed by atoms with Crippen LogP contribution in [-0.2, 0) is 19.1 Å². The molecule has 6 nitrogen and oxygen atoms in total. The van der Waals surface area contributed by atoms with E-state index in [1.54, 1.807) is 24.8 Å². The molecule has 42 heavy (non-hydrogen) atoms. The Labute approximate surface area is 258 Å². The fourth-order valence-corrected chi connectivity index (χ4v) is 5.28. The maximum absolute atomic E-state index is 13.1. The maximum Gasteiger partial charge on any atom is 0.331 e. The van der Waals surface area contributed by atoms with E-state index in [1.165, 1.54) is 6.08 Å². The number of amides is 1. The summed E-state index contributed by atoms with van der Waals surface area (Å²) in [6.07, 6.45) is 19.5. The lowest BCUT2D eigenvalue weighted by atomic mass is 9.83. The van der Waals surface area contributed by atoms with Crippen LogP contribution in [0.25, 0.3) is 0 Å². The van der Waals surface area contributed by atoms with Gasteiger partial charge in [0.05, 0.1) is 6.10 Å². The number of rotatable bonds is 17. The quantitative estimate of drug-likeness (QED) is 0.0828. The third-order valence-corrected chi connectivity index (χ3v) is 8.04. The Balaban J connectivity index is 2.61. The van der Waals surface area contributed by atoms with Crippen molar-refractivity contribution in [2.24, 2.45) is 29.6 Å². The number of cyclic esters (lactones) is 1. The van der Waals surface area contributed by atoms with Crippen LogP contribution in [0.5, 0.6) is 0 Å². The highest BCUT2D eigenvalue weighted by molar-refractivity contribution is 7.98. The highest BCUT2D eigenvalue weighted by Gasteiger charge is 2.29. The number of esters is 1. The molecule has 0 fully saturated rings. The number of aliphatic hydroxyl groups excluding tert-OH is 1. The average molecular weight is 600 g/mol. The molecule has 234 valence electrons. The van der Waals surface area contributed by atoms with E-state index in [1.807, 2.05) is 78.2 Å². The second kappa shape index (κ2) is 19.5. The van der Waals surface area contributed by atoms with Gasteiger partial charge in [0.25, 0.3) is 0 Å².